The number of ether oxygens (including phenoxy) is 1. The van der Waals surface area contributed by atoms with E-state index in [1.54, 1.807) is 18.2 Å². The lowest BCUT2D eigenvalue weighted by atomic mass is 9.62. The van der Waals surface area contributed by atoms with E-state index >= 15 is 0 Å². The quantitative estimate of drug-likeness (QED) is 0.430. The van der Waals surface area contributed by atoms with Gasteiger partial charge in [0.25, 0.3) is 6.04 Å². The van der Waals surface area contributed by atoms with Crippen LogP contribution in [0.4, 0.5) is 0 Å². The molecule has 1 saturated carbocycles. The fraction of sp³-hybridized carbons (Fsp3) is 0.562. The number of nitro groups is 2. The van der Waals surface area contributed by atoms with E-state index < -0.39 is 38.9 Å². The second kappa shape index (κ2) is 7.28. The van der Waals surface area contributed by atoms with Gasteiger partial charge in [-0.2, -0.15) is 0 Å². The summed E-state index contributed by atoms with van der Waals surface area (Å²) in [5, 5.41) is 34.5. The molecule has 9 nitrogen and oxygen atoms in total. The second-order valence-corrected chi connectivity index (χ2v) is 7.34. The molecule has 142 valence electrons. The summed E-state index contributed by atoms with van der Waals surface area (Å²) < 4.78 is 5.31. The highest BCUT2D eigenvalue weighted by Gasteiger charge is 2.71. The first-order chi connectivity index (χ1) is 12.1. The molecule has 0 aromatic heterocycles. The predicted molar refractivity (Wildman–Crippen MR) is 93.9 cm³/mol. The number of benzene rings is 1. The molecule has 1 aliphatic carbocycles. The number of halogens is 1. The molecule has 1 aromatic carbocycles. The molecule has 1 N–H and O–H groups in total. The van der Waals surface area contributed by atoms with Crippen LogP contribution < -0.4 is 0 Å². The van der Waals surface area contributed by atoms with Crippen LogP contribution in [0.1, 0.15) is 38.2 Å². The van der Waals surface area contributed by atoms with Gasteiger partial charge in [-0.15, -0.1) is 0 Å². The highest BCUT2D eigenvalue weighted by Crippen LogP contribution is 2.50. The number of esters is 1. The molecular weight excluding hydrogens is 412 g/mol. The van der Waals surface area contributed by atoms with Gasteiger partial charge in [0.05, 0.1) is 6.61 Å². The third-order valence-electron chi connectivity index (χ3n) is 4.90. The third kappa shape index (κ3) is 3.18. The predicted octanol–water partition coefficient (Wildman–Crippen LogP) is 2.30. The summed E-state index contributed by atoms with van der Waals surface area (Å²) in [5.74, 6) is -2.64. The Kier molecular flexibility index (Phi) is 5.67. The molecule has 0 saturated heterocycles. The largest absolute Gasteiger partial charge is 0.461 e. The van der Waals surface area contributed by atoms with Crippen molar-refractivity contribution in [2.75, 3.05) is 6.61 Å². The smallest absolute Gasteiger partial charge is 0.385 e. The number of hydrogen-bond acceptors (Lipinski definition) is 7. The number of carbonyl (C=O) groups is 1. The molecule has 26 heavy (non-hydrogen) atoms. The van der Waals surface area contributed by atoms with Crippen molar-refractivity contribution in [1.82, 2.24) is 0 Å². The summed E-state index contributed by atoms with van der Waals surface area (Å²) in [6, 6.07) is 4.50. The molecule has 4 atom stereocenters. The molecule has 0 radical (unpaired) electrons. The van der Waals surface area contributed by atoms with Gasteiger partial charge in [-0.25, -0.2) is 4.79 Å². The van der Waals surface area contributed by atoms with Crippen LogP contribution >= 0.6 is 15.9 Å². The van der Waals surface area contributed by atoms with Crippen molar-refractivity contribution in [3.63, 3.8) is 0 Å². The van der Waals surface area contributed by atoms with E-state index in [9.17, 15) is 30.1 Å². The fourth-order valence-corrected chi connectivity index (χ4v) is 4.17. The van der Waals surface area contributed by atoms with Crippen molar-refractivity contribution in [2.45, 2.75) is 49.8 Å². The van der Waals surface area contributed by atoms with Crippen LogP contribution in [0.25, 0.3) is 0 Å². The molecule has 1 aliphatic rings. The minimum absolute atomic E-state index is 0.101. The number of rotatable bonds is 5. The van der Waals surface area contributed by atoms with Gasteiger partial charge < -0.3 is 9.84 Å². The van der Waals surface area contributed by atoms with Crippen LogP contribution in [-0.4, -0.2) is 44.7 Å². The molecule has 1 aromatic rings. The molecule has 10 heteroatoms. The van der Waals surface area contributed by atoms with E-state index in [0.29, 0.717) is 4.47 Å². The molecule has 0 amide bonds. The first-order valence-corrected chi connectivity index (χ1v) is 8.81. The lowest BCUT2D eigenvalue weighted by molar-refractivity contribution is -0.608. The molecule has 2 rings (SSSR count). The molecule has 1 fully saturated rings. The molecular formula is C16H19BrN2O7. The first-order valence-electron chi connectivity index (χ1n) is 8.01. The Bertz CT molecular complexity index is 739. The van der Waals surface area contributed by atoms with Crippen molar-refractivity contribution in [3.05, 3.63) is 54.5 Å². The Morgan fingerprint density at radius 1 is 1.35 bits per heavy atom. The van der Waals surface area contributed by atoms with Crippen molar-refractivity contribution in [3.8, 4) is 0 Å². The van der Waals surface area contributed by atoms with Crippen LogP contribution in [0.2, 0.25) is 0 Å². The molecule has 0 bridgehead atoms. The van der Waals surface area contributed by atoms with E-state index in [4.69, 9.17) is 4.74 Å². The zero-order valence-corrected chi connectivity index (χ0v) is 15.8. The SMILES string of the molecule is CCOC(=O)[C@]1([N+](=O)[O-])CC[C@](C)(O)[C@H]([N+](=O)[O-])[C@H]1c1ccccc1Br. The van der Waals surface area contributed by atoms with Gasteiger partial charge >= 0.3 is 11.5 Å². The highest BCUT2D eigenvalue weighted by molar-refractivity contribution is 9.10. The topological polar surface area (TPSA) is 133 Å². The average Bonchev–Trinajstić information content (AvgIpc) is 2.54. The summed E-state index contributed by atoms with van der Waals surface area (Å²) in [4.78, 5) is 35.0. The summed E-state index contributed by atoms with van der Waals surface area (Å²) in [7, 11) is 0. The monoisotopic (exact) mass is 430 g/mol. The van der Waals surface area contributed by atoms with Crippen LogP contribution in [0.15, 0.2) is 28.7 Å². The Balaban J connectivity index is 2.81. The van der Waals surface area contributed by atoms with Gasteiger partial charge in [0.15, 0.2) is 0 Å². The number of nitrogens with zero attached hydrogens (tertiary/aromatic N) is 2. The number of carbonyl (C=O) groups excluding carboxylic acids is 1. The lowest BCUT2D eigenvalue weighted by Crippen LogP contribution is -2.66. The number of aliphatic hydroxyl groups is 1. The van der Waals surface area contributed by atoms with Crippen molar-refractivity contribution < 1.29 is 24.5 Å². The zero-order valence-electron chi connectivity index (χ0n) is 14.3. The highest BCUT2D eigenvalue weighted by atomic mass is 79.9. The van der Waals surface area contributed by atoms with Crippen molar-refractivity contribution >= 4 is 21.9 Å². The fourth-order valence-electron chi connectivity index (χ4n) is 3.64. The van der Waals surface area contributed by atoms with Gasteiger partial charge in [-0.05, 0) is 31.9 Å². The average molecular weight is 431 g/mol. The van der Waals surface area contributed by atoms with Crippen LogP contribution in [0, 0.1) is 20.2 Å². The standard InChI is InChI=1S/C16H19BrN2O7/c1-3-26-14(20)16(19(24)25)9-8-15(2,21)13(18(22)23)12(16)10-6-4-5-7-11(10)17/h4-7,12-13,21H,3,8-9H2,1-2H3/t12-,13-,15+,16+/m1/s1. The molecule has 0 heterocycles. The normalized spacial score (nSPS) is 31.2. The third-order valence-corrected chi connectivity index (χ3v) is 5.62. The van der Waals surface area contributed by atoms with Crippen molar-refractivity contribution in [1.29, 1.82) is 0 Å². The summed E-state index contributed by atoms with van der Waals surface area (Å²) in [6.07, 6.45) is -0.651. The van der Waals surface area contributed by atoms with E-state index in [1.165, 1.54) is 19.9 Å². The maximum absolute atomic E-state index is 12.7. The van der Waals surface area contributed by atoms with Gasteiger partial charge in [0, 0.05) is 20.7 Å². The Labute approximate surface area is 157 Å². The second-order valence-electron chi connectivity index (χ2n) is 6.49. The Morgan fingerprint density at radius 3 is 2.46 bits per heavy atom. The van der Waals surface area contributed by atoms with Crippen molar-refractivity contribution in [2.24, 2.45) is 0 Å². The molecule has 0 aliphatic heterocycles. The van der Waals surface area contributed by atoms with Gasteiger partial charge in [-0.1, -0.05) is 34.1 Å². The lowest BCUT2D eigenvalue weighted by Gasteiger charge is -2.42. The Hall–Kier alpha value is -2.07. The van der Waals surface area contributed by atoms with Crippen LogP contribution in [0.5, 0.6) is 0 Å². The summed E-state index contributed by atoms with van der Waals surface area (Å²) in [6.45, 7) is 2.67. The van der Waals surface area contributed by atoms with Gasteiger partial charge in [0.2, 0.25) is 0 Å². The van der Waals surface area contributed by atoms with Gasteiger partial charge in [-0.3, -0.25) is 20.2 Å². The van der Waals surface area contributed by atoms with E-state index in [-0.39, 0.29) is 25.0 Å². The van der Waals surface area contributed by atoms with Crippen LogP contribution in [0.3, 0.4) is 0 Å². The maximum atomic E-state index is 12.7. The number of hydrogen-bond donors (Lipinski definition) is 1. The minimum Gasteiger partial charge on any atom is -0.461 e. The maximum Gasteiger partial charge on any atom is 0.385 e. The Morgan fingerprint density at radius 2 is 1.96 bits per heavy atom. The van der Waals surface area contributed by atoms with E-state index in [1.807, 2.05) is 0 Å². The first kappa shape index (κ1) is 20.2. The molecule has 0 unspecified atom stereocenters. The minimum atomic E-state index is -2.36. The van der Waals surface area contributed by atoms with E-state index in [0.717, 1.165) is 0 Å². The van der Waals surface area contributed by atoms with Gasteiger partial charge in [0.1, 0.15) is 11.5 Å². The summed E-state index contributed by atoms with van der Waals surface area (Å²) >= 11 is 3.26. The van der Waals surface area contributed by atoms with Crippen LogP contribution in [-0.2, 0) is 9.53 Å². The van der Waals surface area contributed by atoms with E-state index in [2.05, 4.69) is 15.9 Å². The molecule has 0 spiro atoms. The zero-order chi connectivity index (χ0) is 19.7. The summed E-state index contributed by atoms with van der Waals surface area (Å²) in [5.41, 5.74) is -3.98.